The highest BCUT2D eigenvalue weighted by Crippen LogP contribution is 2.19. The molecule has 0 aliphatic carbocycles. The fraction of sp³-hybridized carbons (Fsp3) is 0.130. The molecule has 7 heteroatoms. The largest absolute Gasteiger partial charge is 0.321 e. The van der Waals surface area contributed by atoms with E-state index in [1.54, 1.807) is 48.5 Å². The van der Waals surface area contributed by atoms with Gasteiger partial charge in [-0.1, -0.05) is 35.9 Å². The topological polar surface area (TPSA) is 83.5 Å². The molecule has 2 N–H and O–H groups in total. The maximum atomic E-state index is 12.7. The van der Waals surface area contributed by atoms with Crippen LogP contribution in [-0.2, 0) is 0 Å². The first-order valence-electron chi connectivity index (χ1n) is 9.57. The van der Waals surface area contributed by atoms with Gasteiger partial charge in [-0.25, -0.2) is 4.98 Å². The van der Waals surface area contributed by atoms with Crippen LogP contribution in [0.3, 0.4) is 0 Å². The summed E-state index contributed by atoms with van der Waals surface area (Å²) in [4.78, 5) is 33.9. The first-order valence-corrected chi connectivity index (χ1v) is 9.95. The number of hydrogen-bond donors (Lipinski definition) is 2. The molecule has 0 atom stereocenters. The van der Waals surface area contributed by atoms with Gasteiger partial charge in [-0.05, 0) is 54.8 Å². The molecule has 2 amide bonds. The molecular formula is C23H19ClN4O2. The van der Waals surface area contributed by atoms with Crippen LogP contribution in [-0.4, -0.2) is 29.1 Å². The molecule has 1 aromatic heterocycles. The van der Waals surface area contributed by atoms with Crippen LogP contribution in [0.4, 0.5) is 11.5 Å². The van der Waals surface area contributed by atoms with Crippen LogP contribution >= 0.6 is 11.6 Å². The summed E-state index contributed by atoms with van der Waals surface area (Å²) in [6, 6.07) is 17.4. The third-order valence-electron chi connectivity index (χ3n) is 4.74. The molecule has 0 fully saturated rings. The van der Waals surface area contributed by atoms with Gasteiger partial charge in [0.15, 0.2) is 0 Å². The van der Waals surface area contributed by atoms with E-state index in [0.717, 1.165) is 30.7 Å². The van der Waals surface area contributed by atoms with Gasteiger partial charge in [0.05, 0.1) is 16.3 Å². The van der Waals surface area contributed by atoms with E-state index in [0.29, 0.717) is 27.7 Å². The van der Waals surface area contributed by atoms with E-state index >= 15 is 0 Å². The third kappa shape index (κ3) is 4.55. The zero-order valence-electron chi connectivity index (χ0n) is 16.1. The highest BCUT2D eigenvalue weighted by molar-refractivity contribution is 6.30. The molecule has 0 bridgehead atoms. The lowest BCUT2D eigenvalue weighted by Crippen LogP contribution is -2.18. The Labute approximate surface area is 179 Å². The summed E-state index contributed by atoms with van der Waals surface area (Å²) < 4.78 is 0. The maximum absolute atomic E-state index is 12.7. The summed E-state index contributed by atoms with van der Waals surface area (Å²) in [6.45, 7) is 0.863. The normalized spacial score (nSPS) is 12.9. The quantitative estimate of drug-likeness (QED) is 0.622. The predicted octanol–water partition coefficient (Wildman–Crippen LogP) is 4.82. The molecule has 6 nitrogen and oxygen atoms in total. The monoisotopic (exact) mass is 418 g/mol. The number of anilines is 2. The number of para-hydroxylation sites is 1. The molecule has 0 spiro atoms. The minimum Gasteiger partial charge on any atom is -0.321 e. The highest BCUT2D eigenvalue weighted by Gasteiger charge is 2.15. The minimum atomic E-state index is -0.379. The van der Waals surface area contributed by atoms with E-state index in [-0.39, 0.29) is 11.8 Å². The molecule has 150 valence electrons. The zero-order valence-corrected chi connectivity index (χ0v) is 16.8. The van der Waals surface area contributed by atoms with Crippen molar-refractivity contribution in [1.29, 1.82) is 0 Å². The second kappa shape index (κ2) is 8.88. The van der Waals surface area contributed by atoms with Crippen LogP contribution < -0.4 is 10.6 Å². The van der Waals surface area contributed by atoms with E-state index < -0.39 is 0 Å². The summed E-state index contributed by atoms with van der Waals surface area (Å²) >= 11 is 5.82. The van der Waals surface area contributed by atoms with Crippen LogP contribution in [0.1, 0.15) is 39.1 Å². The number of benzene rings is 2. The SMILES string of the molecule is O=C(Nc1ccccc1C(=O)Nc1ccc(Cl)cn1)c1ccc(C2=NCCC2)cc1. The molecule has 0 saturated heterocycles. The Bertz CT molecular complexity index is 1110. The summed E-state index contributed by atoms with van der Waals surface area (Å²) in [5, 5.41) is 6.00. The molecule has 2 heterocycles. The first kappa shape index (κ1) is 19.8. The number of carbonyl (C=O) groups is 2. The van der Waals surface area contributed by atoms with E-state index in [1.807, 2.05) is 12.1 Å². The van der Waals surface area contributed by atoms with Crippen molar-refractivity contribution >= 4 is 40.6 Å². The zero-order chi connectivity index (χ0) is 20.9. The van der Waals surface area contributed by atoms with Crippen LogP contribution in [0.15, 0.2) is 71.9 Å². The molecule has 1 aliphatic heterocycles. The number of nitrogens with zero attached hydrogens (tertiary/aromatic N) is 2. The van der Waals surface area contributed by atoms with Crippen molar-refractivity contribution in [2.45, 2.75) is 12.8 Å². The van der Waals surface area contributed by atoms with Gasteiger partial charge in [-0.2, -0.15) is 0 Å². The summed E-state index contributed by atoms with van der Waals surface area (Å²) in [6.07, 6.45) is 3.49. The number of pyridine rings is 1. The average molecular weight is 419 g/mol. The highest BCUT2D eigenvalue weighted by atomic mass is 35.5. The number of halogens is 1. The Morgan fingerprint density at radius 3 is 2.40 bits per heavy atom. The predicted molar refractivity (Wildman–Crippen MR) is 119 cm³/mol. The van der Waals surface area contributed by atoms with Gasteiger partial charge in [0.2, 0.25) is 0 Å². The number of amides is 2. The summed E-state index contributed by atoms with van der Waals surface area (Å²) in [5.74, 6) is -0.300. The lowest BCUT2D eigenvalue weighted by Gasteiger charge is -2.11. The maximum Gasteiger partial charge on any atom is 0.258 e. The Kier molecular flexibility index (Phi) is 5.86. The second-order valence-electron chi connectivity index (χ2n) is 6.82. The van der Waals surface area contributed by atoms with Crippen molar-refractivity contribution in [2.24, 2.45) is 4.99 Å². The van der Waals surface area contributed by atoms with Crippen molar-refractivity contribution in [3.8, 4) is 0 Å². The van der Waals surface area contributed by atoms with Crippen molar-refractivity contribution in [3.63, 3.8) is 0 Å². The van der Waals surface area contributed by atoms with Gasteiger partial charge < -0.3 is 10.6 Å². The number of hydrogen-bond acceptors (Lipinski definition) is 4. The Morgan fingerprint density at radius 1 is 0.900 bits per heavy atom. The third-order valence-corrected chi connectivity index (χ3v) is 4.97. The molecule has 3 aromatic rings. The van der Waals surface area contributed by atoms with Crippen molar-refractivity contribution in [3.05, 3.63) is 88.6 Å². The smallest absolute Gasteiger partial charge is 0.258 e. The Balaban J connectivity index is 1.48. The number of rotatable bonds is 5. The fourth-order valence-electron chi connectivity index (χ4n) is 3.21. The molecule has 0 saturated carbocycles. The average Bonchev–Trinajstić information content (AvgIpc) is 3.31. The summed E-state index contributed by atoms with van der Waals surface area (Å²) in [5.41, 5.74) is 3.38. The van der Waals surface area contributed by atoms with Gasteiger partial charge in [0.25, 0.3) is 11.8 Å². The molecular weight excluding hydrogens is 400 g/mol. The van der Waals surface area contributed by atoms with Crippen LogP contribution in [0.2, 0.25) is 5.02 Å². The standard InChI is InChI=1S/C23H19ClN4O2/c24-17-11-12-21(26-14-17)28-23(30)18-4-1-2-5-20(18)27-22(29)16-9-7-15(8-10-16)19-6-3-13-25-19/h1-2,4-5,7-12,14H,3,6,13H2,(H,27,29)(H,26,28,30). The van der Waals surface area contributed by atoms with Crippen LogP contribution in [0, 0.1) is 0 Å². The van der Waals surface area contributed by atoms with Gasteiger partial charge in [0.1, 0.15) is 5.82 Å². The number of aliphatic imine (C=N–C) groups is 1. The summed E-state index contributed by atoms with van der Waals surface area (Å²) in [7, 11) is 0. The Morgan fingerprint density at radius 2 is 1.70 bits per heavy atom. The number of aromatic nitrogens is 1. The van der Waals surface area contributed by atoms with Crippen molar-refractivity contribution in [1.82, 2.24) is 4.98 Å². The molecule has 2 aromatic carbocycles. The molecule has 1 aliphatic rings. The number of nitrogens with one attached hydrogen (secondary N) is 2. The van der Waals surface area contributed by atoms with Gasteiger partial charge in [-0.15, -0.1) is 0 Å². The van der Waals surface area contributed by atoms with Gasteiger partial charge in [-0.3, -0.25) is 14.6 Å². The molecule has 0 unspecified atom stereocenters. The fourth-order valence-corrected chi connectivity index (χ4v) is 3.32. The first-order chi connectivity index (χ1) is 14.6. The minimum absolute atomic E-state index is 0.292. The van der Waals surface area contributed by atoms with Gasteiger partial charge in [0, 0.05) is 24.0 Å². The number of carbonyl (C=O) groups excluding carboxylic acids is 2. The van der Waals surface area contributed by atoms with E-state index in [2.05, 4.69) is 20.6 Å². The second-order valence-corrected chi connectivity index (χ2v) is 7.26. The van der Waals surface area contributed by atoms with Crippen LogP contribution in [0.25, 0.3) is 0 Å². The van der Waals surface area contributed by atoms with Crippen molar-refractivity contribution < 1.29 is 9.59 Å². The lowest BCUT2D eigenvalue weighted by molar-refractivity contribution is 0.102. The molecule has 30 heavy (non-hydrogen) atoms. The Hall–Kier alpha value is -3.51. The molecule has 0 radical (unpaired) electrons. The van der Waals surface area contributed by atoms with E-state index in [9.17, 15) is 9.59 Å². The molecule has 4 rings (SSSR count). The van der Waals surface area contributed by atoms with Crippen molar-refractivity contribution in [2.75, 3.05) is 17.2 Å². The van der Waals surface area contributed by atoms with E-state index in [4.69, 9.17) is 11.6 Å². The lowest BCUT2D eigenvalue weighted by atomic mass is 10.0. The van der Waals surface area contributed by atoms with Gasteiger partial charge >= 0.3 is 0 Å². The van der Waals surface area contributed by atoms with Crippen LogP contribution in [0.5, 0.6) is 0 Å². The van der Waals surface area contributed by atoms with E-state index in [1.165, 1.54) is 6.20 Å².